The smallest absolute Gasteiger partial charge is 0.142 e. The molecule has 2 aromatic heterocycles. The molecule has 0 aliphatic carbocycles. The lowest BCUT2D eigenvalue weighted by Gasteiger charge is -2.10. The summed E-state index contributed by atoms with van der Waals surface area (Å²) in [6.45, 7) is 0. The summed E-state index contributed by atoms with van der Waals surface area (Å²) in [6, 6.07) is 1.83. The number of imidazole rings is 1. The molecule has 2 aromatic rings. The van der Waals surface area contributed by atoms with Gasteiger partial charge in [-0.2, -0.15) is 0 Å². The number of rotatable bonds is 2. The van der Waals surface area contributed by atoms with Gasteiger partial charge in [0.15, 0.2) is 0 Å². The van der Waals surface area contributed by atoms with Gasteiger partial charge in [0.1, 0.15) is 11.9 Å². The summed E-state index contributed by atoms with van der Waals surface area (Å²) in [5.74, 6) is 0.606. The summed E-state index contributed by atoms with van der Waals surface area (Å²) >= 11 is 3.31. The van der Waals surface area contributed by atoms with Crippen LogP contribution in [-0.2, 0) is 7.05 Å². The van der Waals surface area contributed by atoms with Crippen LogP contribution in [0.2, 0.25) is 0 Å². The van der Waals surface area contributed by atoms with Gasteiger partial charge in [0.05, 0.1) is 0 Å². The molecule has 2 heterocycles. The summed E-state index contributed by atoms with van der Waals surface area (Å²) in [5.41, 5.74) is 0.721. The molecular formula is C10H10BrN3O. The first-order valence-electron chi connectivity index (χ1n) is 4.44. The van der Waals surface area contributed by atoms with Crippen LogP contribution in [0.1, 0.15) is 17.5 Å². The minimum Gasteiger partial charge on any atom is -0.380 e. The molecule has 2 rings (SSSR count). The van der Waals surface area contributed by atoms with Crippen molar-refractivity contribution in [2.24, 2.45) is 7.05 Å². The van der Waals surface area contributed by atoms with E-state index in [0.717, 1.165) is 10.0 Å². The molecule has 0 amide bonds. The average molecular weight is 268 g/mol. The van der Waals surface area contributed by atoms with Crippen LogP contribution in [0.25, 0.3) is 0 Å². The maximum Gasteiger partial charge on any atom is 0.142 e. The highest BCUT2D eigenvalue weighted by Crippen LogP contribution is 2.21. The van der Waals surface area contributed by atoms with Crippen molar-refractivity contribution in [2.75, 3.05) is 0 Å². The van der Waals surface area contributed by atoms with Gasteiger partial charge >= 0.3 is 0 Å². The van der Waals surface area contributed by atoms with Gasteiger partial charge in [0.2, 0.25) is 0 Å². The van der Waals surface area contributed by atoms with Crippen molar-refractivity contribution in [1.82, 2.24) is 14.5 Å². The predicted molar refractivity (Wildman–Crippen MR) is 59.2 cm³/mol. The van der Waals surface area contributed by atoms with Crippen LogP contribution in [-0.4, -0.2) is 19.6 Å². The Bertz CT molecular complexity index is 469. The number of aliphatic hydroxyl groups excluding tert-OH is 1. The Morgan fingerprint density at radius 2 is 2.27 bits per heavy atom. The van der Waals surface area contributed by atoms with Gasteiger partial charge in [-0.3, -0.25) is 4.98 Å². The number of aromatic nitrogens is 3. The number of aliphatic hydroxyl groups is 1. The van der Waals surface area contributed by atoms with Crippen molar-refractivity contribution in [3.63, 3.8) is 0 Å². The van der Waals surface area contributed by atoms with Crippen molar-refractivity contribution in [1.29, 1.82) is 0 Å². The summed E-state index contributed by atoms with van der Waals surface area (Å²) in [7, 11) is 1.84. The van der Waals surface area contributed by atoms with Gasteiger partial charge in [0, 0.05) is 41.9 Å². The monoisotopic (exact) mass is 267 g/mol. The highest BCUT2D eigenvalue weighted by Gasteiger charge is 2.15. The van der Waals surface area contributed by atoms with Gasteiger partial charge in [-0.25, -0.2) is 4.98 Å². The molecule has 4 nitrogen and oxygen atoms in total. The number of hydrogen-bond acceptors (Lipinski definition) is 3. The molecule has 0 aliphatic heterocycles. The Labute approximate surface area is 95.7 Å². The molecule has 0 aromatic carbocycles. The van der Waals surface area contributed by atoms with Crippen LogP contribution < -0.4 is 0 Å². The van der Waals surface area contributed by atoms with E-state index in [1.807, 2.05) is 13.1 Å². The molecule has 1 atom stereocenters. The highest BCUT2D eigenvalue weighted by molar-refractivity contribution is 9.10. The SMILES string of the molecule is Cn1ccnc1[C@H](O)c1cncc(Br)c1. The molecule has 0 radical (unpaired) electrons. The first-order valence-corrected chi connectivity index (χ1v) is 5.23. The van der Waals surface area contributed by atoms with Crippen LogP contribution in [0, 0.1) is 0 Å². The van der Waals surface area contributed by atoms with E-state index in [1.165, 1.54) is 0 Å². The zero-order chi connectivity index (χ0) is 10.8. The molecule has 1 N–H and O–H groups in total. The number of nitrogens with zero attached hydrogens (tertiary/aromatic N) is 3. The molecule has 0 aliphatic rings. The van der Waals surface area contributed by atoms with Gasteiger partial charge < -0.3 is 9.67 Å². The quantitative estimate of drug-likeness (QED) is 0.901. The van der Waals surface area contributed by atoms with Crippen LogP contribution in [0.3, 0.4) is 0 Å². The predicted octanol–water partition coefficient (Wildman–Crippen LogP) is 1.66. The Balaban J connectivity index is 2.36. The molecule has 78 valence electrons. The van der Waals surface area contributed by atoms with Crippen LogP contribution in [0.4, 0.5) is 0 Å². The molecule has 15 heavy (non-hydrogen) atoms. The van der Waals surface area contributed by atoms with Crippen molar-refractivity contribution >= 4 is 15.9 Å². The molecule has 0 spiro atoms. The lowest BCUT2D eigenvalue weighted by molar-refractivity contribution is 0.206. The third kappa shape index (κ3) is 2.08. The first kappa shape index (κ1) is 10.3. The Kier molecular flexibility index (Phi) is 2.83. The van der Waals surface area contributed by atoms with Gasteiger partial charge in [-0.15, -0.1) is 0 Å². The van der Waals surface area contributed by atoms with Crippen molar-refractivity contribution in [3.05, 3.63) is 46.7 Å². The highest BCUT2D eigenvalue weighted by atomic mass is 79.9. The fourth-order valence-corrected chi connectivity index (χ4v) is 1.75. The van der Waals surface area contributed by atoms with E-state index in [9.17, 15) is 5.11 Å². The zero-order valence-electron chi connectivity index (χ0n) is 8.13. The van der Waals surface area contributed by atoms with E-state index in [1.54, 1.807) is 29.4 Å². The maximum atomic E-state index is 10.0. The third-order valence-corrected chi connectivity index (χ3v) is 2.58. The summed E-state index contributed by atoms with van der Waals surface area (Å²) in [4.78, 5) is 8.09. The fraction of sp³-hybridized carbons (Fsp3) is 0.200. The standard InChI is InChI=1S/C10H10BrN3O/c1-14-3-2-13-10(14)9(15)7-4-8(11)6-12-5-7/h2-6,9,15H,1H3/t9-/m1/s1. The van der Waals surface area contributed by atoms with E-state index in [2.05, 4.69) is 25.9 Å². The van der Waals surface area contributed by atoms with Crippen LogP contribution in [0.15, 0.2) is 35.3 Å². The van der Waals surface area contributed by atoms with Gasteiger partial charge in [-0.05, 0) is 22.0 Å². The van der Waals surface area contributed by atoms with E-state index in [4.69, 9.17) is 0 Å². The zero-order valence-corrected chi connectivity index (χ0v) is 9.72. The second-order valence-electron chi connectivity index (χ2n) is 3.24. The Morgan fingerprint density at radius 3 is 2.87 bits per heavy atom. The number of aryl methyl sites for hydroxylation is 1. The van der Waals surface area contributed by atoms with Gasteiger partial charge in [-0.1, -0.05) is 0 Å². The second-order valence-corrected chi connectivity index (χ2v) is 4.15. The topological polar surface area (TPSA) is 50.9 Å². The Morgan fingerprint density at radius 1 is 1.47 bits per heavy atom. The van der Waals surface area contributed by atoms with Crippen molar-refractivity contribution < 1.29 is 5.11 Å². The molecule has 0 bridgehead atoms. The molecular weight excluding hydrogens is 258 g/mol. The summed E-state index contributed by atoms with van der Waals surface area (Å²) in [5, 5.41) is 10.0. The molecule has 0 saturated carbocycles. The van der Waals surface area contributed by atoms with E-state index >= 15 is 0 Å². The molecule has 0 unspecified atom stereocenters. The lowest BCUT2D eigenvalue weighted by Crippen LogP contribution is -2.07. The largest absolute Gasteiger partial charge is 0.380 e. The molecule has 5 heteroatoms. The van der Waals surface area contributed by atoms with Crippen LogP contribution >= 0.6 is 15.9 Å². The van der Waals surface area contributed by atoms with Crippen molar-refractivity contribution in [3.8, 4) is 0 Å². The fourth-order valence-electron chi connectivity index (χ4n) is 1.37. The Hall–Kier alpha value is -1.20. The van der Waals surface area contributed by atoms with Crippen LogP contribution in [0.5, 0.6) is 0 Å². The normalized spacial score (nSPS) is 12.7. The first-order chi connectivity index (χ1) is 7.18. The number of hydrogen-bond donors (Lipinski definition) is 1. The number of pyridine rings is 1. The minimum absolute atomic E-state index is 0.606. The van der Waals surface area contributed by atoms with E-state index < -0.39 is 6.10 Å². The summed E-state index contributed by atoms with van der Waals surface area (Å²) in [6.07, 6.45) is 6.02. The third-order valence-electron chi connectivity index (χ3n) is 2.14. The average Bonchev–Trinajstić information content (AvgIpc) is 2.63. The van der Waals surface area contributed by atoms with Gasteiger partial charge in [0.25, 0.3) is 0 Å². The molecule has 0 fully saturated rings. The minimum atomic E-state index is -0.741. The maximum absolute atomic E-state index is 10.0. The summed E-state index contributed by atoms with van der Waals surface area (Å²) < 4.78 is 2.62. The molecule has 0 saturated heterocycles. The second kappa shape index (κ2) is 4.12. The van der Waals surface area contributed by atoms with Crippen molar-refractivity contribution in [2.45, 2.75) is 6.10 Å². The van der Waals surface area contributed by atoms with E-state index in [-0.39, 0.29) is 0 Å². The van der Waals surface area contributed by atoms with E-state index in [0.29, 0.717) is 5.82 Å². The number of halogens is 1. The lowest BCUT2D eigenvalue weighted by atomic mass is 10.1.